The molecule has 4 saturated heterocycles. The summed E-state index contributed by atoms with van der Waals surface area (Å²) in [4.78, 5) is 69.3. The van der Waals surface area contributed by atoms with E-state index >= 15 is 0 Å². The minimum atomic E-state index is -3.36. The number of piperidine rings is 1. The monoisotopic (exact) mass is 1300 g/mol. The number of hydrogen-bond acceptors (Lipinski definition) is 15. The third-order valence-corrected chi connectivity index (χ3v) is 17.5. The number of aliphatic hydroxyl groups excluding tert-OH is 2. The molecule has 0 spiro atoms. The summed E-state index contributed by atoms with van der Waals surface area (Å²) >= 11 is 1.59. The molecule has 0 bridgehead atoms. The Morgan fingerprint density at radius 2 is 1.67 bits per heavy atom. The van der Waals surface area contributed by atoms with Crippen molar-refractivity contribution in [3.8, 4) is 0 Å². The number of carbonyl (C=O) groups excluding carboxylic acids is 5. The maximum absolute atomic E-state index is 14.1. The third-order valence-electron chi connectivity index (χ3n) is 15.1. The normalized spacial score (nSPS) is 24.0. The third kappa shape index (κ3) is 20.1. The fourth-order valence-corrected chi connectivity index (χ4v) is 12.6. The van der Waals surface area contributed by atoms with Gasteiger partial charge >= 0.3 is 19.8 Å². The summed E-state index contributed by atoms with van der Waals surface area (Å²) in [5.41, 5.74) is 3.43. The Morgan fingerprint density at radius 1 is 0.949 bits per heavy atom. The van der Waals surface area contributed by atoms with E-state index in [4.69, 9.17) is 0 Å². The van der Waals surface area contributed by atoms with Crippen molar-refractivity contribution in [3.05, 3.63) is 84.3 Å². The van der Waals surface area contributed by atoms with Crippen LogP contribution in [0.5, 0.6) is 0 Å². The predicted octanol–water partition coefficient (Wildman–Crippen LogP) is 1.96. The van der Waals surface area contributed by atoms with Crippen molar-refractivity contribution in [2.75, 3.05) is 64.9 Å². The molecule has 23 heteroatoms. The molecule has 0 aliphatic carbocycles. The van der Waals surface area contributed by atoms with Crippen molar-refractivity contribution in [1.29, 1.82) is 0 Å². The quantitative estimate of drug-likeness (QED) is 0.0348. The van der Waals surface area contributed by atoms with E-state index in [1.165, 1.54) is 14.8 Å². The van der Waals surface area contributed by atoms with Gasteiger partial charge in [0.1, 0.15) is 17.8 Å². The Morgan fingerprint density at radius 3 is 2.37 bits per heavy atom. The van der Waals surface area contributed by atoms with E-state index < -0.39 is 45.8 Å². The number of rotatable bonds is 27. The molecule has 6 rings (SSSR count). The van der Waals surface area contributed by atoms with Crippen LogP contribution in [-0.4, -0.2) is 169 Å². The molecule has 0 saturated carbocycles. The number of aliphatic hydroxyl groups is 2. The first-order chi connectivity index (χ1) is 36.6. The summed E-state index contributed by atoms with van der Waals surface area (Å²) in [6.07, 6.45) is 8.17. The average molecular weight is 1300 g/mol. The molecule has 10 N–H and O–H groups in total. The summed E-state index contributed by atoms with van der Waals surface area (Å²) < 4.78 is 24.9. The van der Waals surface area contributed by atoms with Gasteiger partial charge in [-0.2, -0.15) is 24.1 Å². The molecule has 436 valence electrons. The molecule has 0 aromatic heterocycles. The van der Waals surface area contributed by atoms with Gasteiger partial charge in [-0.1, -0.05) is 82.8 Å². The molecule has 4 heterocycles. The van der Waals surface area contributed by atoms with E-state index in [0.717, 1.165) is 73.8 Å². The Labute approximate surface area is 480 Å². The molecule has 0 radical (unpaired) electrons. The van der Waals surface area contributed by atoms with Crippen LogP contribution in [0.1, 0.15) is 126 Å². The largest absolute Gasteiger partial charge is 2.00 e. The Balaban J connectivity index is 0.0000112. The summed E-state index contributed by atoms with van der Waals surface area (Å²) in [6, 6.07) is 15.1. The van der Waals surface area contributed by atoms with Gasteiger partial charge in [0.05, 0.1) is 43.6 Å². The molecule has 7 unspecified atom stereocenters. The number of hydrogen-bond donors (Lipinski definition) is 10. The van der Waals surface area contributed by atoms with Crippen LogP contribution in [0.15, 0.2) is 48.5 Å². The van der Waals surface area contributed by atoms with Crippen LogP contribution in [0, 0.1) is 24.8 Å². The van der Waals surface area contributed by atoms with Gasteiger partial charge in [0.15, 0.2) is 0 Å². The zero-order valence-electron chi connectivity index (χ0n) is 46.4. The van der Waals surface area contributed by atoms with Crippen molar-refractivity contribution >= 4 is 51.3 Å². The molecule has 4 aliphatic heterocycles. The molecule has 4 aliphatic rings. The van der Waals surface area contributed by atoms with Gasteiger partial charge in [0.2, 0.25) is 39.6 Å². The number of amides is 5. The van der Waals surface area contributed by atoms with Crippen LogP contribution in [0.4, 0.5) is 0 Å². The van der Waals surface area contributed by atoms with E-state index in [1.807, 2.05) is 59.0 Å². The molecular weight excluding hydrogens is 1210 g/mol. The number of benzene rings is 2. The number of likely N-dealkylation sites (N-methyl/N-ethyl adjacent to an activating group) is 1. The molecule has 10 atom stereocenters. The first-order valence-corrected chi connectivity index (χ1v) is 30.3. The van der Waals surface area contributed by atoms with Gasteiger partial charge in [-0.15, -0.1) is 23.9 Å². The average Bonchev–Trinajstić information content (AvgIpc) is 4.19. The summed E-state index contributed by atoms with van der Waals surface area (Å²) in [5.74, 6) is -0.640. The fraction of sp³-hybridized carbons (Fsp3) is 0.655. The second-order valence-corrected chi connectivity index (χ2v) is 25.6. The Bertz CT molecular complexity index is 2390. The van der Waals surface area contributed by atoms with E-state index in [9.17, 15) is 42.6 Å². The van der Waals surface area contributed by atoms with E-state index in [1.54, 1.807) is 11.8 Å². The van der Waals surface area contributed by atoms with Crippen molar-refractivity contribution in [1.82, 2.24) is 56.6 Å². The zero-order chi connectivity index (χ0) is 55.9. The number of β-amino-alcohol motifs (C(OH)–C–C–N with tert-alkyl or cyclic N) is 1. The predicted molar refractivity (Wildman–Crippen MR) is 300 cm³/mol. The van der Waals surface area contributed by atoms with Crippen LogP contribution in [0.3, 0.4) is 0 Å². The molecular formula is C55H87N11O9OsS2. The molecule has 5 amide bonds. The molecule has 4 fully saturated rings. The van der Waals surface area contributed by atoms with Gasteiger partial charge in [-0.25, -0.2) is 12.7 Å². The summed E-state index contributed by atoms with van der Waals surface area (Å²) in [7, 11) is 2.31. The van der Waals surface area contributed by atoms with E-state index in [-0.39, 0.29) is 112 Å². The zero-order valence-corrected chi connectivity index (χ0v) is 50.5. The van der Waals surface area contributed by atoms with Gasteiger partial charge in [-0.3, -0.25) is 46.6 Å². The smallest absolute Gasteiger partial charge is 0.477 e. The Kier molecular flexibility index (Phi) is 25.8. The standard InChI is InChI=1S/C55H87N11O9S2.Os/c1-36(56-5)26-37-17-19-38(20-18-37)30-59-52(72)45-29-43(67)33-66(45)53(73)50(55(2,3)4)62-47(68)16-11-9-8-10-12-23-58-49(70)34-64(6)46-28-40(21-24-57-46)39-14-13-15-41(27-39)44-35-76-54(61-44)63-48(69)31-60-51(71)42-22-25-65(32-42)77(7,74)75;/h13-15,17-20,26-27,36,40,42-46,50,52,54,56-57,59,61,67,72H,5,8-12,16,21-25,28-35H2,1-4,6-7H3,(H,58,70)(H,60,71)(H,62,68)(H,63,69);/q-2;+2/t36?,40?,42?,43-,44?,45+,46?,50-,52?,54?;/m1./s1. The van der Waals surface area contributed by atoms with Crippen molar-refractivity contribution in [2.45, 2.75) is 153 Å². The number of nitrogens with one attached hydrogen (secondary N) is 8. The van der Waals surface area contributed by atoms with Crippen LogP contribution in [-0.2, 0) is 60.3 Å². The summed E-state index contributed by atoms with van der Waals surface area (Å²) in [6.45, 7) is 10.0. The van der Waals surface area contributed by atoms with Crippen LogP contribution in [0.2, 0.25) is 0 Å². The van der Waals surface area contributed by atoms with Crippen LogP contribution < -0.4 is 42.5 Å². The number of sulfonamides is 1. The summed E-state index contributed by atoms with van der Waals surface area (Å²) in [5, 5.41) is 46.6. The first-order valence-electron chi connectivity index (χ1n) is 27.4. The minimum Gasteiger partial charge on any atom is -0.477 e. The molecule has 2 aromatic rings. The number of thioether (sulfide) groups is 1. The van der Waals surface area contributed by atoms with Gasteiger partial charge in [-0.05, 0) is 74.6 Å². The molecule has 78 heavy (non-hydrogen) atoms. The SMILES string of the molecule is [CH2-]NC(C)[CH-]c1ccc(CNC(O)[C@@H]2C[C@@H](O)CN2C(=O)[C@@H](NC(=O)CCCCCCCNC(=O)CN(C)C2CC(c3cccc(C4CSC(NC(=O)CNC(=O)C5CCN(S(C)(=O)=O)C5)N4)c3)CCN2)C(C)(C)C)cc1.[Os+2]. The number of nitrogens with zero attached hydrogens (tertiary/aromatic N) is 3. The second kappa shape index (κ2) is 30.9. The number of unbranched alkanes of at least 4 members (excludes halogenated alkanes) is 4. The van der Waals surface area contributed by atoms with Crippen molar-refractivity contribution < 1.29 is 62.4 Å². The minimum absolute atomic E-state index is 0. The number of likely N-dealkylation sites (tertiary alicyclic amines) is 1. The van der Waals surface area contributed by atoms with Gasteiger partial charge < -0.3 is 47.0 Å². The van der Waals surface area contributed by atoms with Crippen LogP contribution in [0.25, 0.3) is 0 Å². The number of carbonyl (C=O) groups is 5. The van der Waals surface area contributed by atoms with E-state index in [0.29, 0.717) is 38.4 Å². The fourth-order valence-electron chi connectivity index (χ4n) is 10.5. The van der Waals surface area contributed by atoms with E-state index in [2.05, 4.69) is 85.2 Å². The van der Waals surface area contributed by atoms with Gasteiger partial charge in [0, 0.05) is 50.9 Å². The second-order valence-electron chi connectivity index (χ2n) is 22.5. The van der Waals surface area contributed by atoms with Crippen molar-refractivity contribution in [2.24, 2.45) is 11.3 Å². The Hall–Kier alpha value is -3.72. The molecule has 2 aromatic carbocycles. The van der Waals surface area contributed by atoms with Crippen molar-refractivity contribution in [3.63, 3.8) is 0 Å². The van der Waals surface area contributed by atoms with Crippen LogP contribution >= 0.6 is 11.8 Å². The topological polar surface area (TPSA) is 266 Å². The maximum atomic E-state index is 14.1. The van der Waals surface area contributed by atoms with Gasteiger partial charge in [0.25, 0.3) is 0 Å². The maximum Gasteiger partial charge on any atom is 2.00 e. The molecule has 20 nitrogen and oxygen atoms in total. The first kappa shape index (κ1) is 65.1.